The topological polar surface area (TPSA) is 113 Å². The highest BCUT2D eigenvalue weighted by atomic mass is 35.5. The SMILES string of the molecule is O=CC(CNC(=O)c1ccc(N2CCCCC2=O)cc1)NS(=O)(=O)c1ccc2cc(Cl)ccc2c1. The molecule has 0 aliphatic carbocycles. The van der Waals surface area contributed by atoms with Crippen LogP contribution in [0.5, 0.6) is 0 Å². The minimum absolute atomic E-state index is 0.00616. The van der Waals surface area contributed by atoms with Crippen LogP contribution in [0.3, 0.4) is 0 Å². The number of sulfonamides is 1. The van der Waals surface area contributed by atoms with Crippen molar-refractivity contribution < 1.29 is 22.8 Å². The number of carbonyl (C=O) groups excluding carboxylic acids is 3. The number of rotatable bonds is 8. The number of hydrogen-bond acceptors (Lipinski definition) is 5. The van der Waals surface area contributed by atoms with Crippen LogP contribution in [-0.4, -0.2) is 45.6 Å². The van der Waals surface area contributed by atoms with E-state index in [9.17, 15) is 22.8 Å². The number of hydrogen-bond donors (Lipinski definition) is 2. The monoisotopic (exact) mass is 513 g/mol. The summed E-state index contributed by atoms with van der Waals surface area (Å²) in [5.74, 6) is -0.403. The summed E-state index contributed by atoms with van der Waals surface area (Å²) in [6.07, 6.45) is 2.76. The molecular weight excluding hydrogens is 490 g/mol. The molecule has 1 fully saturated rings. The summed E-state index contributed by atoms with van der Waals surface area (Å²) in [5.41, 5.74) is 1.06. The number of carbonyl (C=O) groups is 3. The predicted octanol–water partition coefficient (Wildman–Crippen LogP) is 3.29. The number of fused-ring (bicyclic) bond motifs is 1. The Labute approximate surface area is 208 Å². The van der Waals surface area contributed by atoms with Crippen molar-refractivity contribution in [2.45, 2.75) is 30.2 Å². The molecule has 0 aromatic heterocycles. The van der Waals surface area contributed by atoms with Gasteiger partial charge in [-0.3, -0.25) is 9.59 Å². The Morgan fingerprint density at radius 3 is 2.46 bits per heavy atom. The molecule has 1 atom stereocenters. The second-order valence-corrected chi connectivity index (χ2v) is 10.4. The molecule has 0 saturated carbocycles. The molecule has 1 aliphatic rings. The zero-order valence-corrected chi connectivity index (χ0v) is 20.3. The van der Waals surface area contributed by atoms with Gasteiger partial charge in [0.05, 0.1) is 10.9 Å². The van der Waals surface area contributed by atoms with E-state index in [-0.39, 0.29) is 17.3 Å². The lowest BCUT2D eigenvalue weighted by molar-refractivity contribution is -0.119. The lowest BCUT2D eigenvalue weighted by atomic mass is 10.1. The van der Waals surface area contributed by atoms with Gasteiger partial charge >= 0.3 is 0 Å². The number of halogens is 1. The van der Waals surface area contributed by atoms with Gasteiger partial charge in [0.25, 0.3) is 5.91 Å². The van der Waals surface area contributed by atoms with E-state index in [1.165, 1.54) is 12.1 Å². The first-order chi connectivity index (χ1) is 16.8. The number of nitrogens with zero attached hydrogens (tertiary/aromatic N) is 1. The van der Waals surface area contributed by atoms with Crippen molar-refractivity contribution in [3.05, 3.63) is 71.2 Å². The first-order valence-corrected chi connectivity index (χ1v) is 13.0. The van der Waals surface area contributed by atoms with Gasteiger partial charge in [0, 0.05) is 35.8 Å². The molecule has 3 aromatic rings. The molecule has 182 valence electrons. The van der Waals surface area contributed by atoms with Crippen molar-refractivity contribution in [1.29, 1.82) is 0 Å². The van der Waals surface area contributed by atoms with Crippen molar-refractivity contribution >= 4 is 56.2 Å². The molecule has 1 saturated heterocycles. The van der Waals surface area contributed by atoms with Gasteiger partial charge < -0.3 is 15.0 Å². The molecule has 0 bridgehead atoms. The molecule has 8 nitrogen and oxygen atoms in total. The van der Waals surface area contributed by atoms with E-state index < -0.39 is 22.0 Å². The second kappa shape index (κ2) is 10.6. The Hall–Kier alpha value is -3.27. The van der Waals surface area contributed by atoms with Crippen LogP contribution in [0.25, 0.3) is 10.8 Å². The average molecular weight is 514 g/mol. The summed E-state index contributed by atoms with van der Waals surface area (Å²) in [4.78, 5) is 37.8. The van der Waals surface area contributed by atoms with E-state index in [1.807, 2.05) is 0 Å². The minimum Gasteiger partial charge on any atom is -0.350 e. The van der Waals surface area contributed by atoms with Gasteiger partial charge in [0.1, 0.15) is 6.29 Å². The lowest BCUT2D eigenvalue weighted by Crippen LogP contribution is -2.44. The van der Waals surface area contributed by atoms with Gasteiger partial charge in [-0.1, -0.05) is 23.7 Å². The second-order valence-electron chi connectivity index (χ2n) is 8.28. The highest BCUT2D eigenvalue weighted by molar-refractivity contribution is 7.89. The summed E-state index contributed by atoms with van der Waals surface area (Å²) in [5, 5.41) is 4.58. The average Bonchev–Trinajstić information content (AvgIpc) is 2.86. The number of piperidine rings is 1. The Kier molecular flexibility index (Phi) is 7.49. The van der Waals surface area contributed by atoms with Gasteiger partial charge in [0.15, 0.2) is 0 Å². The molecule has 0 radical (unpaired) electrons. The molecule has 2 amide bonds. The van der Waals surface area contributed by atoms with Crippen molar-refractivity contribution in [3.8, 4) is 0 Å². The summed E-state index contributed by atoms with van der Waals surface area (Å²) >= 11 is 5.97. The van der Waals surface area contributed by atoms with Crippen LogP contribution in [0.1, 0.15) is 29.6 Å². The normalized spacial score (nSPS) is 15.1. The van der Waals surface area contributed by atoms with Crippen LogP contribution < -0.4 is 14.9 Å². The van der Waals surface area contributed by atoms with E-state index in [4.69, 9.17) is 11.6 Å². The molecule has 10 heteroatoms. The summed E-state index contributed by atoms with van der Waals surface area (Å²) in [6, 6.07) is 15.1. The van der Waals surface area contributed by atoms with E-state index in [1.54, 1.807) is 53.4 Å². The fourth-order valence-electron chi connectivity index (χ4n) is 3.92. The number of amides is 2. The highest BCUT2D eigenvalue weighted by Gasteiger charge is 2.22. The van der Waals surface area contributed by atoms with Crippen LogP contribution >= 0.6 is 11.6 Å². The lowest BCUT2D eigenvalue weighted by Gasteiger charge is -2.26. The van der Waals surface area contributed by atoms with Crippen molar-refractivity contribution in [3.63, 3.8) is 0 Å². The van der Waals surface area contributed by atoms with Crippen molar-refractivity contribution in [2.75, 3.05) is 18.0 Å². The van der Waals surface area contributed by atoms with E-state index >= 15 is 0 Å². The third kappa shape index (κ3) is 5.87. The zero-order chi connectivity index (χ0) is 25.0. The molecule has 1 unspecified atom stereocenters. The molecule has 1 heterocycles. The van der Waals surface area contributed by atoms with Gasteiger partial charge in [-0.15, -0.1) is 0 Å². The first-order valence-electron chi connectivity index (χ1n) is 11.1. The summed E-state index contributed by atoms with van der Waals surface area (Å²) in [6.45, 7) is 0.424. The molecule has 1 aliphatic heterocycles. The van der Waals surface area contributed by atoms with Crippen LogP contribution in [0.15, 0.2) is 65.6 Å². The maximum absolute atomic E-state index is 12.8. The van der Waals surface area contributed by atoms with Crippen molar-refractivity contribution in [2.24, 2.45) is 0 Å². The van der Waals surface area contributed by atoms with Gasteiger partial charge in [0.2, 0.25) is 15.9 Å². The molecule has 0 spiro atoms. The largest absolute Gasteiger partial charge is 0.350 e. The standard InChI is InChI=1S/C25H24ClN3O5S/c26-20-8-4-19-14-23(11-7-18(19)13-20)35(33,34)28-21(16-30)15-27-25(32)17-5-9-22(10-6-17)29-12-2-1-3-24(29)31/h4-11,13-14,16,21,28H,1-3,12,15H2,(H,27,32). The predicted molar refractivity (Wildman–Crippen MR) is 134 cm³/mol. The first kappa shape index (κ1) is 24.8. The highest BCUT2D eigenvalue weighted by Crippen LogP contribution is 2.23. The van der Waals surface area contributed by atoms with Gasteiger partial charge in [-0.05, 0) is 72.1 Å². The van der Waals surface area contributed by atoms with E-state index in [0.717, 1.165) is 23.9 Å². The van der Waals surface area contributed by atoms with Gasteiger partial charge in [-0.25, -0.2) is 8.42 Å². The van der Waals surface area contributed by atoms with Gasteiger partial charge in [-0.2, -0.15) is 4.72 Å². The minimum atomic E-state index is -4.01. The Morgan fingerprint density at radius 2 is 1.74 bits per heavy atom. The molecule has 3 aromatic carbocycles. The van der Waals surface area contributed by atoms with E-state index in [0.29, 0.717) is 35.2 Å². The van der Waals surface area contributed by atoms with Crippen LogP contribution in [-0.2, 0) is 19.6 Å². The van der Waals surface area contributed by atoms with E-state index in [2.05, 4.69) is 10.0 Å². The maximum Gasteiger partial charge on any atom is 0.251 e. The number of nitrogens with one attached hydrogen (secondary N) is 2. The Bertz CT molecular complexity index is 1380. The third-order valence-corrected chi connectivity index (χ3v) is 7.52. The fourth-order valence-corrected chi connectivity index (χ4v) is 5.31. The molecule has 35 heavy (non-hydrogen) atoms. The smallest absolute Gasteiger partial charge is 0.251 e. The quantitative estimate of drug-likeness (QED) is 0.449. The van der Waals surface area contributed by atoms with Crippen LogP contribution in [0.2, 0.25) is 5.02 Å². The number of benzene rings is 3. The van der Waals surface area contributed by atoms with Crippen LogP contribution in [0, 0.1) is 0 Å². The number of anilines is 1. The maximum atomic E-state index is 12.8. The fraction of sp³-hybridized carbons (Fsp3) is 0.240. The molecular formula is C25H24ClN3O5S. The molecule has 4 rings (SSSR count). The number of aldehydes is 1. The third-order valence-electron chi connectivity index (χ3n) is 5.80. The Balaban J connectivity index is 1.38. The summed E-state index contributed by atoms with van der Waals surface area (Å²) < 4.78 is 27.9. The Morgan fingerprint density at radius 1 is 1.03 bits per heavy atom. The summed E-state index contributed by atoms with van der Waals surface area (Å²) in [7, 11) is -4.01. The zero-order valence-electron chi connectivity index (χ0n) is 18.7. The molecule has 2 N–H and O–H groups in total. The van der Waals surface area contributed by atoms with Crippen molar-refractivity contribution in [1.82, 2.24) is 10.0 Å². The van der Waals surface area contributed by atoms with Crippen LogP contribution in [0.4, 0.5) is 5.69 Å².